The van der Waals surface area contributed by atoms with Crippen LogP contribution in [0.5, 0.6) is 0 Å². The molecular formula is C13H17F2NO. The number of hydrogen-bond acceptors (Lipinski definition) is 2. The molecule has 1 heterocycles. The zero-order valence-corrected chi connectivity index (χ0v) is 9.72. The highest BCUT2D eigenvalue weighted by Gasteiger charge is 2.14. The molecule has 0 radical (unpaired) electrons. The molecule has 1 atom stereocenters. The van der Waals surface area contributed by atoms with Gasteiger partial charge in [0, 0.05) is 19.2 Å². The number of anilines is 1. The maximum absolute atomic E-state index is 13.3. The summed E-state index contributed by atoms with van der Waals surface area (Å²) in [5.74, 6) is -1.09. The maximum atomic E-state index is 13.3. The van der Waals surface area contributed by atoms with Gasteiger partial charge in [0.1, 0.15) is 11.6 Å². The van der Waals surface area contributed by atoms with Crippen LogP contribution in [0.3, 0.4) is 0 Å². The molecule has 0 saturated carbocycles. The van der Waals surface area contributed by atoms with Gasteiger partial charge in [-0.25, -0.2) is 8.78 Å². The second kappa shape index (κ2) is 5.96. The summed E-state index contributed by atoms with van der Waals surface area (Å²) in [6.45, 7) is 1.55. The minimum absolute atomic E-state index is 0.360. The normalized spacial score (nSPS) is 19.5. The average Bonchev–Trinajstić information content (AvgIpc) is 2.79. The van der Waals surface area contributed by atoms with E-state index in [1.54, 1.807) is 0 Å². The molecule has 1 aromatic carbocycles. The van der Waals surface area contributed by atoms with Gasteiger partial charge in [0.25, 0.3) is 0 Å². The number of hydrogen-bond donors (Lipinski definition) is 1. The monoisotopic (exact) mass is 241 g/mol. The first-order valence-corrected chi connectivity index (χ1v) is 6.06. The number of rotatable bonds is 5. The Morgan fingerprint density at radius 3 is 2.94 bits per heavy atom. The van der Waals surface area contributed by atoms with Crippen LogP contribution in [0.1, 0.15) is 25.7 Å². The first kappa shape index (κ1) is 12.3. The highest BCUT2D eigenvalue weighted by Crippen LogP contribution is 2.18. The third-order valence-electron chi connectivity index (χ3n) is 2.97. The quantitative estimate of drug-likeness (QED) is 0.798. The largest absolute Gasteiger partial charge is 0.383 e. The number of nitrogens with one attached hydrogen (secondary N) is 1. The van der Waals surface area contributed by atoms with E-state index in [9.17, 15) is 8.78 Å². The summed E-state index contributed by atoms with van der Waals surface area (Å²) in [5.41, 5.74) is 0.360. The molecule has 1 unspecified atom stereocenters. The van der Waals surface area contributed by atoms with Gasteiger partial charge in [0.15, 0.2) is 0 Å². The Morgan fingerprint density at radius 2 is 2.24 bits per heavy atom. The highest BCUT2D eigenvalue weighted by molar-refractivity contribution is 5.44. The topological polar surface area (TPSA) is 21.3 Å². The summed E-state index contributed by atoms with van der Waals surface area (Å²) in [6.07, 6.45) is 4.57. The van der Waals surface area contributed by atoms with Gasteiger partial charge in [-0.1, -0.05) is 0 Å². The molecule has 1 N–H and O–H groups in total. The average molecular weight is 241 g/mol. The lowest BCUT2D eigenvalue weighted by Crippen LogP contribution is -2.09. The first-order chi connectivity index (χ1) is 8.25. The van der Waals surface area contributed by atoms with Gasteiger partial charge in [0.2, 0.25) is 0 Å². The van der Waals surface area contributed by atoms with E-state index in [4.69, 9.17) is 4.74 Å². The molecule has 1 aromatic rings. The summed E-state index contributed by atoms with van der Waals surface area (Å²) in [4.78, 5) is 0. The van der Waals surface area contributed by atoms with E-state index in [1.807, 2.05) is 0 Å². The molecule has 0 amide bonds. The van der Waals surface area contributed by atoms with Crippen LogP contribution in [0.4, 0.5) is 14.5 Å². The van der Waals surface area contributed by atoms with Crippen LogP contribution in [-0.4, -0.2) is 19.3 Å². The molecule has 94 valence electrons. The molecule has 2 nitrogen and oxygen atoms in total. The summed E-state index contributed by atoms with van der Waals surface area (Å²) in [6, 6.07) is 3.57. The molecule has 0 aliphatic carbocycles. The molecule has 0 spiro atoms. The Labute approximate surface area is 100.0 Å². The van der Waals surface area contributed by atoms with Crippen molar-refractivity contribution >= 4 is 5.69 Å². The smallest absolute Gasteiger partial charge is 0.149 e. The van der Waals surface area contributed by atoms with E-state index < -0.39 is 11.6 Å². The molecule has 1 fully saturated rings. The third-order valence-corrected chi connectivity index (χ3v) is 2.97. The van der Waals surface area contributed by atoms with Crippen LogP contribution in [0.15, 0.2) is 18.2 Å². The summed E-state index contributed by atoms with van der Waals surface area (Å²) < 4.78 is 31.4. The highest BCUT2D eigenvalue weighted by atomic mass is 19.1. The fourth-order valence-corrected chi connectivity index (χ4v) is 2.06. The third kappa shape index (κ3) is 3.66. The minimum atomic E-state index is -0.549. The molecular weight excluding hydrogens is 224 g/mol. The molecule has 0 aromatic heterocycles. The standard InChI is InChI=1S/C13H17F2NO/c14-10-5-6-13(12(15)9-10)16-7-1-3-11-4-2-8-17-11/h5-6,9,11,16H,1-4,7-8H2. The van der Waals surface area contributed by atoms with Crippen LogP contribution in [0.25, 0.3) is 0 Å². The van der Waals surface area contributed by atoms with E-state index in [0.717, 1.165) is 38.4 Å². The molecule has 17 heavy (non-hydrogen) atoms. The number of halogens is 2. The zero-order chi connectivity index (χ0) is 12.1. The van der Waals surface area contributed by atoms with Gasteiger partial charge in [-0.15, -0.1) is 0 Å². The van der Waals surface area contributed by atoms with Gasteiger partial charge in [-0.05, 0) is 37.8 Å². The fourth-order valence-electron chi connectivity index (χ4n) is 2.06. The van der Waals surface area contributed by atoms with Crippen LogP contribution >= 0.6 is 0 Å². The Morgan fingerprint density at radius 1 is 1.35 bits per heavy atom. The summed E-state index contributed by atoms with van der Waals surface area (Å²) in [5, 5.41) is 2.97. The SMILES string of the molecule is Fc1ccc(NCCCC2CCCO2)c(F)c1. The van der Waals surface area contributed by atoms with E-state index in [1.165, 1.54) is 12.1 Å². The molecule has 0 bridgehead atoms. The zero-order valence-electron chi connectivity index (χ0n) is 9.72. The van der Waals surface area contributed by atoms with E-state index in [0.29, 0.717) is 18.3 Å². The predicted molar refractivity (Wildman–Crippen MR) is 63.1 cm³/mol. The van der Waals surface area contributed by atoms with Crippen molar-refractivity contribution in [2.24, 2.45) is 0 Å². The Kier molecular flexibility index (Phi) is 4.31. The lowest BCUT2D eigenvalue weighted by atomic mass is 10.1. The van der Waals surface area contributed by atoms with E-state index in [-0.39, 0.29) is 0 Å². The molecule has 4 heteroatoms. The molecule has 1 saturated heterocycles. The maximum Gasteiger partial charge on any atom is 0.149 e. The van der Waals surface area contributed by atoms with Crippen molar-refractivity contribution in [2.45, 2.75) is 31.8 Å². The van der Waals surface area contributed by atoms with Crippen molar-refractivity contribution in [1.82, 2.24) is 0 Å². The van der Waals surface area contributed by atoms with Crippen LogP contribution in [0.2, 0.25) is 0 Å². The first-order valence-electron chi connectivity index (χ1n) is 6.06. The molecule has 2 rings (SSSR count). The fraction of sp³-hybridized carbons (Fsp3) is 0.538. The lowest BCUT2D eigenvalue weighted by Gasteiger charge is -2.10. The van der Waals surface area contributed by atoms with Crippen molar-refractivity contribution in [3.8, 4) is 0 Å². The second-order valence-corrected chi connectivity index (χ2v) is 4.33. The van der Waals surface area contributed by atoms with Crippen LogP contribution in [-0.2, 0) is 4.74 Å². The van der Waals surface area contributed by atoms with Gasteiger partial charge in [-0.2, -0.15) is 0 Å². The van der Waals surface area contributed by atoms with Gasteiger partial charge in [0.05, 0.1) is 11.8 Å². The predicted octanol–water partition coefficient (Wildman–Crippen LogP) is 3.34. The van der Waals surface area contributed by atoms with Gasteiger partial charge in [-0.3, -0.25) is 0 Å². The second-order valence-electron chi connectivity index (χ2n) is 4.33. The number of ether oxygens (including phenoxy) is 1. The van der Waals surface area contributed by atoms with Crippen molar-refractivity contribution in [2.75, 3.05) is 18.5 Å². The molecule has 1 aliphatic heterocycles. The van der Waals surface area contributed by atoms with Crippen molar-refractivity contribution in [3.63, 3.8) is 0 Å². The van der Waals surface area contributed by atoms with Gasteiger partial charge >= 0.3 is 0 Å². The minimum Gasteiger partial charge on any atom is -0.383 e. The number of benzene rings is 1. The van der Waals surface area contributed by atoms with Crippen molar-refractivity contribution < 1.29 is 13.5 Å². The lowest BCUT2D eigenvalue weighted by molar-refractivity contribution is 0.103. The Hall–Kier alpha value is -1.16. The van der Waals surface area contributed by atoms with Crippen LogP contribution in [0, 0.1) is 11.6 Å². The van der Waals surface area contributed by atoms with E-state index >= 15 is 0 Å². The summed E-state index contributed by atoms with van der Waals surface area (Å²) >= 11 is 0. The summed E-state index contributed by atoms with van der Waals surface area (Å²) in [7, 11) is 0. The Bertz CT molecular complexity index is 364. The molecule has 1 aliphatic rings. The van der Waals surface area contributed by atoms with E-state index in [2.05, 4.69) is 5.32 Å². The Balaban J connectivity index is 1.70. The van der Waals surface area contributed by atoms with Gasteiger partial charge < -0.3 is 10.1 Å². The van der Waals surface area contributed by atoms with Crippen molar-refractivity contribution in [3.05, 3.63) is 29.8 Å². The van der Waals surface area contributed by atoms with Crippen molar-refractivity contribution in [1.29, 1.82) is 0 Å². The van der Waals surface area contributed by atoms with Crippen LogP contribution < -0.4 is 5.32 Å².